The lowest BCUT2D eigenvalue weighted by atomic mass is 9.65. The van der Waals surface area contributed by atoms with Gasteiger partial charge < -0.3 is 9.84 Å². The van der Waals surface area contributed by atoms with Crippen LogP contribution < -0.4 is 9.46 Å². The minimum absolute atomic E-state index is 0.0276. The molecule has 11 heteroatoms. The number of rotatable bonds is 6. The van der Waals surface area contributed by atoms with E-state index in [-0.39, 0.29) is 4.90 Å². The van der Waals surface area contributed by atoms with E-state index in [2.05, 4.69) is 19.9 Å². The van der Waals surface area contributed by atoms with E-state index in [1.165, 1.54) is 37.0 Å². The minimum atomic E-state index is -3.99. The van der Waals surface area contributed by atoms with E-state index < -0.39 is 15.6 Å². The Kier molecular flexibility index (Phi) is 4.37. The standard InChI is InChI=1S/C23H24N6O4S/c1-28-21-15(10-25-28)3-4-18(33-2)20(21)27-34(31,32)17-11-26-29(12-17)19-9-16(5-8-24-19)23(30)13-22(14-23)6-7-22/h3-5,8-12,27,30H,6-7,13-14H2,1-2H3. The molecule has 6 rings (SSSR count). The second kappa shape index (κ2) is 7.03. The molecule has 3 aromatic heterocycles. The molecule has 10 nitrogen and oxygen atoms in total. The fourth-order valence-corrected chi connectivity index (χ4v) is 6.05. The summed E-state index contributed by atoms with van der Waals surface area (Å²) in [5, 5.41) is 20.2. The first kappa shape index (κ1) is 21.1. The first-order valence-electron chi connectivity index (χ1n) is 11.0. The molecule has 2 saturated carbocycles. The highest BCUT2D eigenvalue weighted by Gasteiger charge is 2.60. The van der Waals surface area contributed by atoms with E-state index in [9.17, 15) is 13.5 Å². The van der Waals surface area contributed by atoms with Gasteiger partial charge >= 0.3 is 0 Å². The quantitative estimate of drug-likeness (QED) is 0.435. The lowest BCUT2D eigenvalue weighted by molar-refractivity contribution is -0.0917. The summed E-state index contributed by atoms with van der Waals surface area (Å²) in [6, 6.07) is 7.09. The van der Waals surface area contributed by atoms with Crippen molar-refractivity contribution in [2.75, 3.05) is 11.8 Å². The lowest BCUT2D eigenvalue weighted by Gasteiger charge is -2.45. The van der Waals surface area contributed by atoms with E-state index >= 15 is 0 Å². The zero-order valence-corrected chi connectivity index (χ0v) is 19.6. The van der Waals surface area contributed by atoms with Gasteiger partial charge in [-0.3, -0.25) is 9.40 Å². The monoisotopic (exact) mass is 480 g/mol. The molecule has 0 amide bonds. The third-order valence-corrected chi connectivity index (χ3v) is 8.30. The molecule has 0 unspecified atom stereocenters. The first-order valence-corrected chi connectivity index (χ1v) is 12.5. The molecular weight excluding hydrogens is 456 g/mol. The molecule has 0 aliphatic heterocycles. The summed E-state index contributed by atoms with van der Waals surface area (Å²) in [6.45, 7) is 0. The third-order valence-electron chi connectivity index (χ3n) is 7.00. The number of aromatic nitrogens is 5. The maximum atomic E-state index is 13.2. The van der Waals surface area contributed by atoms with E-state index in [0.717, 1.165) is 23.8 Å². The number of benzene rings is 1. The molecule has 1 spiro atoms. The topological polar surface area (TPSA) is 124 Å². The van der Waals surface area contributed by atoms with Gasteiger partial charge in [0.25, 0.3) is 10.0 Å². The minimum Gasteiger partial charge on any atom is -0.494 e. The van der Waals surface area contributed by atoms with Crippen molar-refractivity contribution in [3.8, 4) is 11.6 Å². The van der Waals surface area contributed by atoms with Gasteiger partial charge in [0.2, 0.25) is 0 Å². The molecule has 2 aliphatic rings. The Labute approximate surface area is 196 Å². The van der Waals surface area contributed by atoms with Crippen molar-refractivity contribution >= 4 is 26.6 Å². The predicted octanol–water partition coefficient (Wildman–Crippen LogP) is 2.73. The van der Waals surface area contributed by atoms with Crippen LogP contribution in [0.1, 0.15) is 31.2 Å². The van der Waals surface area contributed by atoms with Crippen LogP contribution in [0.5, 0.6) is 5.75 Å². The second-order valence-electron chi connectivity index (χ2n) is 9.36. The van der Waals surface area contributed by atoms with Crippen LogP contribution >= 0.6 is 0 Å². The Bertz CT molecular complexity index is 1530. The largest absolute Gasteiger partial charge is 0.494 e. The molecular formula is C23H24N6O4S. The molecule has 0 bridgehead atoms. The van der Waals surface area contributed by atoms with Gasteiger partial charge in [-0.2, -0.15) is 10.2 Å². The summed E-state index contributed by atoms with van der Waals surface area (Å²) in [7, 11) is -0.777. The molecule has 2 fully saturated rings. The molecule has 0 atom stereocenters. The number of nitrogens with zero attached hydrogens (tertiary/aromatic N) is 5. The summed E-state index contributed by atoms with van der Waals surface area (Å²) in [4.78, 5) is 4.30. The van der Waals surface area contributed by atoms with Crippen LogP contribution in [0.4, 0.5) is 5.69 Å². The summed E-state index contributed by atoms with van der Waals surface area (Å²) in [5.41, 5.74) is 1.16. The molecule has 0 radical (unpaired) electrons. The fourth-order valence-electron chi connectivity index (χ4n) is 5.04. The van der Waals surface area contributed by atoms with Crippen LogP contribution in [-0.2, 0) is 22.7 Å². The number of nitrogens with one attached hydrogen (secondary N) is 1. The van der Waals surface area contributed by atoms with Crippen LogP contribution in [0.2, 0.25) is 0 Å². The van der Waals surface area contributed by atoms with Gasteiger partial charge in [-0.15, -0.1) is 0 Å². The first-order chi connectivity index (χ1) is 16.2. The van der Waals surface area contributed by atoms with E-state index in [0.29, 0.717) is 28.2 Å². The maximum Gasteiger partial charge on any atom is 0.265 e. The Hall–Kier alpha value is -3.44. The highest BCUT2D eigenvalue weighted by molar-refractivity contribution is 7.92. The third kappa shape index (κ3) is 3.26. The average Bonchev–Trinajstić information content (AvgIpc) is 3.23. The molecule has 0 saturated heterocycles. The number of sulfonamides is 1. The normalized spacial score (nSPS) is 18.1. The number of methoxy groups -OCH3 is 1. The zero-order chi connectivity index (χ0) is 23.7. The van der Waals surface area contributed by atoms with Crippen LogP contribution in [0.25, 0.3) is 16.7 Å². The van der Waals surface area contributed by atoms with Gasteiger partial charge in [-0.05, 0) is 60.9 Å². The van der Waals surface area contributed by atoms with Gasteiger partial charge in [0.05, 0.1) is 36.8 Å². The molecule has 34 heavy (non-hydrogen) atoms. The summed E-state index contributed by atoms with van der Waals surface area (Å²) >= 11 is 0. The van der Waals surface area contributed by atoms with Crippen molar-refractivity contribution in [3.05, 3.63) is 54.6 Å². The van der Waals surface area contributed by atoms with Gasteiger partial charge in [-0.25, -0.2) is 18.1 Å². The average molecular weight is 481 g/mol. The van der Waals surface area contributed by atoms with Crippen molar-refractivity contribution < 1.29 is 18.3 Å². The lowest BCUT2D eigenvalue weighted by Crippen LogP contribution is -2.42. The smallest absolute Gasteiger partial charge is 0.265 e. The highest BCUT2D eigenvalue weighted by atomic mass is 32.2. The Balaban J connectivity index is 1.31. The van der Waals surface area contributed by atoms with Crippen LogP contribution in [0, 0.1) is 5.41 Å². The molecule has 1 aromatic carbocycles. The number of hydrogen-bond donors (Lipinski definition) is 2. The zero-order valence-electron chi connectivity index (χ0n) is 18.8. The van der Waals surface area contributed by atoms with Crippen molar-refractivity contribution in [1.82, 2.24) is 24.5 Å². The number of hydrogen-bond acceptors (Lipinski definition) is 7. The molecule has 3 heterocycles. The van der Waals surface area contributed by atoms with Crippen molar-refractivity contribution in [2.24, 2.45) is 12.5 Å². The van der Waals surface area contributed by atoms with E-state index in [1.54, 1.807) is 36.3 Å². The number of ether oxygens (including phenoxy) is 1. The number of anilines is 1. The van der Waals surface area contributed by atoms with Gasteiger partial charge in [0.15, 0.2) is 5.82 Å². The van der Waals surface area contributed by atoms with Gasteiger partial charge in [-0.1, -0.05) is 0 Å². The molecule has 176 valence electrons. The molecule has 2 N–H and O–H groups in total. The Morgan fingerprint density at radius 1 is 1.15 bits per heavy atom. The van der Waals surface area contributed by atoms with Gasteiger partial charge in [0.1, 0.15) is 16.3 Å². The van der Waals surface area contributed by atoms with Crippen LogP contribution in [0.15, 0.2) is 53.9 Å². The summed E-state index contributed by atoms with van der Waals surface area (Å²) < 4.78 is 37.5. The highest BCUT2D eigenvalue weighted by Crippen LogP contribution is 2.67. The van der Waals surface area contributed by atoms with Crippen molar-refractivity contribution in [1.29, 1.82) is 0 Å². The van der Waals surface area contributed by atoms with Gasteiger partial charge in [0, 0.05) is 18.6 Å². The van der Waals surface area contributed by atoms with E-state index in [1.807, 2.05) is 12.1 Å². The van der Waals surface area contributed by atoms with E-state index in [4.69, 9.17) is 4.74 Å². The number of aliphatic hydroxyl groups is 1. The second-order valence-corrected chi connectivity index (χ2v) is 11.0. The van der Waals surface area contributed by atoms with Crippen LogP contribution in [0.3, 0.4) is 0 Å². The Morgan fingerprint density at radius 3 is 2.68 bits per heavy atom. The Morgan fingerprint density at radius 2 is 1.94 bits per heavy atom. The SMILES string of the molecule is COc1ccc2cnn(C)c2c1NS(=O)(=O)c1cnn(-c2cc(C3(O)CC4(CC4)C3)ccn2)c1. The maximum absolute atomic E-state index is 13.2. The predicted molar refractivity (Wildman–Crippen MR) is 124 cm³/mol. The van der Waals surface area contributed by atoms with Crippen molar-refractivity contribution in [2.45, 2.75) is 36.2 Å². The fraction of sp³-hybridized carbons (Fsp3) is 0.348. The number of pyridine rings is 1. The van der Waals surface area contributed by atoms with Crippen molar-refractivity contribution in [3.63, 3.8) is 0 Å². The number of fused-ring (bicyclic) bond motifs is 1. The summed E-state index contributed by atoms with van der Waals surface area (Å²) in [6.07, 6.45) is 9.81. The number of aryl methyl sites for hydroxylation is 1. The molecule has 2 aliphatic carbocycles. The summed E-state index contributed by atoms with van der Waals surface area (Å²) in [5.74, 6) is 0.819. The molecule has 4 aromatic rings. The van der Waals surface area contributed by atoms with Crippen LogP contribution in [-0.4, -0.2) is 45.2 Å².